The molecule has 5 nitrogen and oxygen atoms in total. The molecule has 0 atom stereocenters. The van der Waals surface area contributed by atoms with Gasteiger partial charge >= 0.3 is 0 Å². The van der Waals surface area contributed by atoms with E-state index >= 15 is 0 Å². The molecule has 19 heavy (non-hydrogen) atoms. The molecule has 1 aliphatic carbocycles. The number of carbonyl (C=O) groups excluding carboxylic acids is 1. The van der Waals surface area contributed by atoms with Crippen LogP contribution < -0.4 is 5.32 Å². The Morgan fingerprint density at radius 2 is 1.95 bits per heavy atom. The molecular formula is C14H25N3O2. The first kappa shape index (κ1) is 13.3. The van der Waals surface area contributed by atoms with Gasteiger partial charge in [-0.3, -0.25) is 9.69 Å². The molecule has 0 spiro atoms. The molecule has 1 saturated carbocycles. The zero-order valence-electron chi connectivity index (χ0n) is 11.9. The second kappa shape index (κ2) is 5.38. The van der Waals surface area contributed by atoms with Gasteiger partial charge in [-0.2, -0.15) is 0 Å². The standard InChI is InChI=1S/C14H25N3O2/c1-14(10-15-11-14)19-9-13(18)17-6-4-16(5-7-17)8-12-2-3-12/h12,15H,2-11H2,1H3. The quantitative estimate of drug-likeness (QED) is 0.757. The number of hydrogen-bond donors (Lipinski definition) is 1. The average molecular weight is 267 g/mol. The highest BCUT2D eigenvalue weighted by Gasteiger charge is 2.34. The lowest BCUT2D eigenvalue weighted by molar-refractivity contribution is -0.147. The third-order valence-corrected chi connectivity index (χ3v) is 4.48. The van der Waals surface area contributed by atoms with Crippen LogP contribution in [0.4, 0.5) is 0 Å². The molecule has 5 heteroatoms. The van der Waals surface area contributed by atoms with Crippen molar-refractivity contribution in [3.8, 4) is 0 Å². The minimum Gasteiger partial charge on any atom is -0.363 e. The summed E-state index contributed by atoms with van der Waals surface area (Å²) in [5, 5.41) is 3.18. The van der Waals surface area contributed by atoms with Crippen molar-refractivity contribution in [1.29, 1.82) is 0 Å². The second-order valence-corrected chi connectivity index (χ2v) is 6.47. The van der Waals surface area contributed by atoms with Crippen LogP contribution in [-0.2, 0) is 9.53 Å². The number of ether oxygens (including phenoxy) is 1. The van der Waals surface area contributed by atoms with Crippen LogP contribution in [0.5, 0.6) is 0 Å². The van der Waals surface area contributed by atoms with E-state index < -0.39 is 0 Å². The van der Waals surface area contributed by atoms with E-state index in [9.17, 15) is 4.79 Å². The van der Waals surface area contributed by atoms with E-state index in [0.717, 1.165) is 45.2 Å². The molecule has 1 amide bonds. The molecule has 108 valence electrons. The summed E-state index contributed by atoms with van der Waals surface area (Å²) in [7, 11) is 0. The molecule has 0 bridgehead atoms. The number of amides is 1. The summed E-state index contributed by atoms with van der Waals surface area (Å²) in [6, 6.07) is 0. The maximum absolute atomic E-state index is 12.1. The van der Waals surface area contributed by atoms with Gasteiger partial charge in [-0.25, -0.2) is 0 Å². The van der Waals surface area contributed by atoms with E-state index in [1.165, 1.54) is 19.4 Å². The molecule has 0 aromatic heterocycles. The van der Waals surface area contributed by atoms with E-state index in [1.807, 2.05) is 4.90 Å². The maximum atomic E-state index is 12.1. The predicted octanol–water partition coefficient (Wildman–Crippen LogP) is -0.0809. The van der Waals surface area contributed by atoms with Gasteiger partial charge in [0.15, 0.2) is 0 Å². The molecule has 3 fully saturated rings. The predicted molar refractivity (Wildman–Crippen MR) is 73.0 cm³/mol. The highest BCUT2D eigenvalue weighted by atomic mass is 16.5. The van der Waals surface area contributed by atoms with E-state index in [0.29, 0.717) is 0 Å². The molecule has 0 radical (unpaired) electrons. The Kier molecular flexibility index (Phi) is 3.78. The normalized spacial score (nSPS) is 27.1. The Bertz CT molecular complexity index is 332. The fraction of sp³-hybridized carbons (Fsp3) is 0.929. The van der Waals surface area contributed by atoms with E-state index in [4.69, 9.17) is 4.74 Å². The van der Waals surface area contributed by atoms with Gasteiger partial charge in [0, 0.05) is 45.8 Å². The molecule has 0 aromatic rings. The molecule has 1 N–H and O–H groups in total. The molecule has 2 saturated heterocycles. The Morgan fingerprint density at radius 1 is 1.26 bits per heavy atom. The first-order valence-corrected chi connectivity index (χ1v) is 7.49. The Morgan fingerprint density at radius 3 is 2.47 bits per heavy atom. The van der Waals surface area contributed by atoms with Crippen LogP contribution in [0.3, 0.4) is 0 Å². The lowest BCUT2D eigenvalue weighted by Gasteiger charge is -2.40. The zero-order chi connectivity index (χ0) is 13.3. The smallest absolute Gasteiger partial charge is 0.248 e. The van der Waals surface area contributed by atoms with Crippen molar-refractivity contribution in [2.75, 3.05) is 52.4 Å². The lowest BCUT2D eigenvalue weighted by Crippen LogP contribution is -2.60. The molecule has 3 rings (SSSR count). The number of nitrogens with zero attached hydrogens (tertiary/aromatic N) is 2. The van der Waals surface area contributed by atoms with Crippen LogP contribution in [0.15, 0.2) is 0 Å². The van der Waals surface area contributed by atoms with Crippen LogP contribution in [0.2, 0.25) is 0 Å². The van der Waals surface area contributed by atoms with Gasteiger partial charge < -0.3 is 15.0 Å². The molecule has 2 aliphatic heterocycles. The lowest BCUT2D eigenvalue weighted by atomic mass is 10.0. The molecule has 0 unspecified atom stereocenters. The molecule has 0 aromatic carbocycles. The maximum Gasteiger partial charge on any atom is 0.248 e. The topological polar surface area (TPSA) is 44.8 Å². The van der Waals surface area contributed by atoms with Crippen molar-refractivity contribution in [3.63, 3.8) is 0 Å². The summed E-state index contributed by atoms with van der Waals surface area (Å²) >= 11 is 0. The fourth-order valence-electron chi connectivity index (χ4n) is 2.75. The van der Waals surface area contributed by atoms with E-state index in [1.54, 1.807) is 0 Å². The number of piperazine rings is 1. The Hall–Kier alpha value is -0.650. The van der Waals surface area contributed by atoms with Crippen LogP contribution in [0.1, 0.15) is 19.8 Å². The monoisotopic (exact) mass is 267 g/mol. The van der Waals surface area contributed by atoms with Gasteiger partial charge in [-0.15, -0.1) is 0 Å². The van der Waals surface area contributed by atoms with Gasteiger partial charge in [-0.1, -0.05) is 0 Å². The van der Waals surface area contributed by atoms with Crippen molar-refractivity contribution in [2.24, 2.45) is 5.92 Å². The summed E-state index contributed by atoms with van der Waals surface area (Å²) < 4.78 is 5.71. The van der Waals surface area contributed by atoms with Crippen molar-refractivity contribution in [2.45, 2.75) is 25.4 Å². The SMILES string of the molecule is CC1(OCC(=O)N2CCN(CC3CC3)CC2)CNC1. The largest absolute Gasteiger partial charge is 0.363 e. The van der Waals surface area contributed by atoms with Gasteiger partial charge in [0.1, 0.15) is 6.61 Å². The van der Waals surface area contributed by atoms with E-state index in [-0.39, 0.29) is 18.1 Å². The van der Waals surface area contributed by atoms with Crippen LogP contribution in [-0.4, -0.2) is 73.7 Å². The third-order valence-electron chi connectivity index (χ3n) is 4.48. The first-order valence-electron chi connectivity index (χ1n) is 7.49. The summed E-state index contributed by atoms with van der Waals surface area (Å²) in [6.45, 7) is 9.04. The molecule has 3 aliphatic rings. The summed E-state index contributed by atoms with van der Waals surface area (Å²) in [5.41, 5.74) is -0.122. The first-order chi connectivity index (χ1) is 9.15. The van der Waals surface area contributed by atoms with Crippen molar-refractivity contribution in [3.05, 3.63) is 0 Å². The van der Waals surface area contributed by atoms with Gasteiger partial charge in [-0.05, 0) is 25.7 Å². The summed E-state index contributed by atoms with van der Waals surface area (Å²) in [5.74, 6) is 1.09. The summed E-state index contributed by atoms with van der Waals surface area (Å²) in [6.07, 6.45) is 2.80. The minimum atomic E-state index is -0.122. The van der Waals surface area contributed by atoms with E-state index in [2.05, 4.69) is 17.1 Å². The van der Waals surface area contributed by atoms with Crippen molar-refractivity contribution >= 4 is 5.91 Å². The highest BCUT2D eigenvalue weighted by molar-refractivity contribution is 5.77. The Labute approximate surface area is 115 Å². The number of hydrogen-bond acceptors (Lipinski definition) is 4. The Balaban J connectivity index is 1.36. The van der Waals surface area contributed by atoms with Gasteiger partial charge in [0.05, 0.1) is 5.60 Å². The van der Waals surface area contributed by atoms with Crippen molar-refractivity contribution in [1.82, 2.24) is 15.1 Å². The molecular weight excluding hydrogens is 242 g/mol. The third kappa shape index (κ3) is 3.46. The number of carbonyl (C=O) groups is 1. The molecule has 2 heterocycles. The minimum absolute atomic E-state index is 0.122. The fourth-order valence-corrected chi connectivity index (χ4v) is 2.75. The van der Waals surface area contributed by atoms with Crippen LogP contribution in [0, 0.1) is 5.92 Å². The second-order valence-electron chi connectivity index (χ2n) is 6.47. The van der Waals surface area contributed by atoms with Gasteiger partial charge in [0.25, 0.3) is 0 Å². The van der Waals surface area contributed by atoms with Crippen LogP contribution >= 0.6 is 0 Å². The van der Waals surface area contributed by atoms with Crippen molar-refractivity contribution < 1.29 is 9.53 Å². The number of nitrogens with one attached hydrogen (secondary N) is 1. The zero-order valence-corrected chi connectivity index (χ0v) is 11.9. The average Bonchev–Trinajstić information content (AvgIpc) is 3.18. The number of rotatable bonds is 5. The summed E-state index contributed by atoms with van der Waals surface area (Å²) in [4.78, 5) is 16.5. The van der Waals surface area contributed by atoms with Crippen LogP contribution in [0.25, 0.3) is 0 Å². The highest BCUT2D eigenvalue weighted by Crippen LogP contribution is 2.29. The van der Waals surface area contributed by atoms with Gasteiger partial charge in [0.2, 0.25) is 5.91 Å².